The molecular weight excluding hydrogens is 452 g/mol. The molecule has 0 saturated carbocycles. The van der Waals surface area contributed by atoms with E-state index < -0.39 is 35.8 Å². The Balaban J connectivity index is 1.56. The van der Waals surface area contributed by atoms with E-state index >= 15 is 0 Å². The monoisotopic (exact) mass is 472 g/mol. The number of β-lactam (4-membered cyclic amide) rings is 1. The van der Waals surface area contributed by atoms with Gasteiger partial charge in [-0.05, 0) is 60.2 Å². The quantitative estimate of drug-likeness (QED) is 0.433. The van der Waals surface area contributed by atoms with E-state index in [1.165, 1.54) is 30.2 Å². The minimum atomic E-state index is -1.21. The lowest BCUT2D eigenvalue weighted by Gasteiger charge is -2.49. The lowest BCUT2D eigenvalue weighted by atomic mass is 9.86. The van der Waals surface area contributed by atoms with Gasteiger partial charge < -0.3 is 19.5 Å². The molecule has 9 nitrogen and oxygen atoms in total. The maximum Gasteiger partial charge on any atom is 0.335 e. The van der Waals surface area contributed by atoms with Crippen molar-refractivity contribution >= 4 is 29.4 Å². The number of carboxylic acids is 1. The number of fused-ring (bicyclic) bond motifs is 1. The third kappa shape index (κ3) is 3.40. The van der Waals surface area contributed by atoms with E-state index in [-0.39, 0.29) is 16.7 Å². The molecule has 35 heavy (non-hydrogen) atoms. The van der Waals surface area contributed by atoms with E-state index in [1.807, 2.05) is 0 Å². The van der Waals surface area contributed by atoms with Crippen LogP contribution in [0, 0.1) is 0 Å². The number of hydrogen-bond donors (Lipinski definition) is 1. The molecule has 0 spiro atoms. The maximum absolute atomic E-state index is 13.5. The normalized spacial score (nSPS) is 18.9. The van der Waals surface area contributed by atoms with Crippen LogP contribution in [-0.4, -0.2) is 54.0 Å². The second-order valence-electron chi connectivity index (χ2n) is 8.11. The molecule has 2 heterocycles. The van der Waals surface area contributed by atoms with Gasteiger partial charge in [-0.3, -0.25) is 19.3 Å². The first kappa shape index (κ1) is 22.1. The summed E-state index contributed by atoms with van der Waals surface area (Å²) >= 11 is 0. The Bertz CT molecular complexity index is 1370. The molecule has 2 aliphatic heterocycles. The number of carboxylic acid groups (broad SMARTS) is 1. The molecule has 0 radical (unpaired) electrons. The van der Waals surface area contributed by atoms with Crippen molar-refractivity contribution in [2.45, 2.75) is 12.1 Å². The molecule has 3 aromatic carbocycles. The molecular formula is C26H20N2O7. The van der Waals surface area contributed by atoms with Crippen molar-refractivity contribution in [2.75, 3.05) is 19.1 Å². The molecule has 0 aliphatic carbocycles. The minimum Gasteiger partial charge on any atom is -0.497 e. The van der Waals surface area contributed by atoms with Gasteiger partial charge in [0.05, 0.1) is 37.0 Å². The first-order chi connectivity index (χ1) is 16.8. The van der Waals surface area contributed by atoms with Crippen molar-refractivity contribution in [3.8, 4) is 11.5 Å². The fraction of sp³-hybridized carbons (Fsp3) is 0.154. The van der Waals surface area contributed by atoms with Crippen LogP contribution >= 0.6 is 0 Å². The molecule has 3 amide bonds. The summed E-state index contributed by atoms with van der Waals surface area (Å²) in [4.78, 5) is 53.8. The highest BCUT2D eigenvalue weighted by molar-refractivity contribution is 6.25. The summed E-state index contributed by atoms with van der Waals surface area (Å²) in [6, 6.07) is 15.9. The van der Waals surface area contributed by atoms with E-state index in [9.17, 15) is 24.3 Å². The van der Waals surface area contributed by atoms with Gasteiger partial charge in [-0.2, -0.15) is 0 Å². The smallest absolute Gasteiger partial charge is 0.335 e. The standard InChI is InChI=1S/C26H20N2O7/c1-34-17-8-3-14(4-9-17)21-22(25(31)27(21)16-6-10-18(35-2)11-7-16)28-23(29)19-12-5-15(26(32)33)13-20(19)24(28)30/h3-13,21-22H,1-2H3,(H,32,33)/t21-,22-/m1/s1. The van der Waals surface area contributed by atoms with Gasteiger partial charge in [0.1, 0.15) is 17.5 Å². The number of imide groups is 1. The number of carbonyl (C=O) groups is 4. The number of carbonyl (C=O) groups excluding carboxylic acids is 3. The summed E-state index contributed by atoms with van der Waals surface area (Å²) in [5.74, 6) is -1.73. The Morgan fingerprint density at radius 2 is 1.31 bits per heavy atom. The van der Waals surface area contributed by atoms with Gasteiger partial charge in [0, 0.05) is 5.69 Å². The van der Waals surface area contributed by atoms with E-state index in [2.05, 4.69) is 0 Å². The molecule has 0 bridgehead atoms. The lowest BCUT2D eigenvalue weighted by Crippen LogP contribution is -2.67. The molecule has 3 aromatic rings. The second kappa shape index (κ2) is 8.28. The highest BCUT2D eigenvalue weighted by Crippen LogP contribution is 2.44. The van der Waals surface area contributed by atoms with Crippen LogP contribution in [0.3, 0.4) is 0 Å². The van der Waals surface area contributed by atoms with Crippen molar-refractivity contribution in [3.05, 3.63) is 89.0 Å². The van der Waals surface area contributed by atoms with Crippen molar-refractivity contribution < 1.29 is 33.8 Å². The SMILES string of the molecule is COc1ccc([C@@H]2[C@@H](N3C(=O)c4ccc(C(=O)O)cc4C3=O)C(=O)N2c2ccc(OC)cc2)cc1. The summed E-state index contributed by atoms with van der Waals surface area (Å²) in [6.45, 7) is 0. The van der Waals surface area contributed by atoms with Gasteiger partial charge in [0.2, 0.25) is 0 Å². The molecule has 2 aliphatic rings. The maximum atomic E-state index is 13.5. The summed E-state index contributed by atoms with van der Waals surface area (Å²) in [5.41, 5.74) is 1.22. The largest absolute Gasteiger partial charge is 0.497 e. The third-order valence-electron chi connectivity index (χ3n) is 6.32. The minimum absolute atomic E-state index is 0.0286. The molecule has 0 unspecified atom stereocenters. The van der Waals surface area contributed by atoms with Crippen molar-refractivity contribution in [2.24, 2.45) is 0 Å². The van der Waals surface area contributed by atoms with Crippen LogP contribution in [0.1, 0.15) is 42.7 Å². The Hall–Kier alpha value is -4.66. The number of methoxy groups -OCH3 is 2. The number of nitrogens with zero attached hydrogens (tertiary/aromatic N) is 2. The van der Waals surface area contributed by atoms with E-state index in [4.69, 9.17) is 9.47 Å². The Labute approximate surface area is 200 Å². The van der Waals surface area contributed by atoms with Crippen LogP contribution in [-0.2, 0) is 4.79 Å². The number of hydrogen-bond acceptors (Lipinski definition) is 6. The highest BCUT2D eigenvalue weighted by atomic mass is 16.5. The molecule has 2 atom stereocenters. The summed E-state index contributed by atoms with van der Waals surface area (Å²) in [5, 5.41) is 9.28. The Morgan fingerprint density at radius 1 is 0.743 bits per heavy atom. The van der Waals surface area contributed by atoms with Crippen LogP contribution in [0.25, 0.3) is 0 Å². The van der Waals surface area contributed by atoms with Crippen molar-refractivity contribution in [1.82, 2.24) is 4.90 Å². The van der Waals surface area contributed by atoms with E-state index in [1.54, 1.807) is 55.6 Å². The fourth-order valence-electron chi connectivity index (χ4n) is 4.53. The van der Waals surface area contributed by atoms with Crippen LogP contribution in [0.4, 0.5) is 5.69 Å². The van der Waals surface area contributed by atoms with Gasteiger partial charge in [-0.15, -0.1) is 0 Å². The summed E-state index contributed by atoms with van der Waals surface area (Å²) < 4.78 is 10.4. The second-order valence-corrected chi connectivity index (χ2v) is 8.11. The van der Waals surface area contributed by atoms with E-state index in [0.29, 0.717) is 22.7 Å². The average Bonchev–Trinajstić information content (AvgIpc) is 3.12. The molecule has 1 fully saturated rings. The summed E-state index contributed by atoms with van der Waals surface area (Å²) in [6.07, 6.45) is 0. The van der Waals surface area contributed by atoms with Gasteiger partial charge >= 0.3 is 5.97 Å². The Morgan fingerprint density at radius 3 is 1.89 bits per heavy atom. The number of benzene rings is 3. The predicted molar refractivity (Wildman–Crippen MR) is 124 cm³/mol. The van der Waals surface area contributed by atoms with Crippen LogP contribution in [0.15, 0.2) is 66.7 Å². The van der Waals surface area contributed by atoms with Crippen LogP contribution in [0.5, 0.6) is 11.5 Å². The molecule has 1 saturated heterocycles. The summed E-state index contributed by atoms with van der Waals surface area (Å²) in [7, 11) is 3.08. The number of amides is 3. The number of anilines is 1. The lowest BCUT2D eigenvalue weighted by molar-refractivity contribution is -0.130. The fourth-order valence-corrected chi connectivity index (χ4v) is 4.53. The molecule has 1 N–H and O–H groups in total. The topological polar surface area (TPSA) is 113 Å². The van der Waals surface area contributed by atoms with E-state index in [0.717, 1.165) is 4.90 Å². The number of rotatable bonds is 6. The van der Waals surface area contributed by atoms with Crippen LogP contribution < -0.4 is 14.4 Å². The van der Waals surface area contributed by atoms with Gasteiger partial charge in [-0.25, -0.2) is 4.79 Å². The number of aromatic carboxylic acids is 1. The van der Waals surface area contributed by atoms with Crippen molar-refractivity contribution in [3.63, 3.8) is 0 Å². The van der Waals surface area contributed by atoms with Gasteiger partial charge in [-0.1, -0.05) is 12.1 Å². The third-order valence-corrected chi connectivity index (χ3v) is 6.32. The highest BCUT2D eigenvalue weighted by Gasteiger charge is 2.57. The molecule has 5 rings (SSSR count). The van der Waals surface area contributed by atoms with Gasteiger partial charge in [0.15, 0.2) is 0 Å². The first-order valence-electron chi connectivity index (χ1n) is 10.7. The van der Waals surface area contributed by atoms with Crippen molar-refractivity contribution in [1.29, 1.82) is 0 Å². The zero-order chi connectivity index (χ0) is 24.9. The first-order valence-corrected chi connectivity index (χ1v) is 10.7. The molecule has 0 aromatic heterocycles. The molecule has 176 valence electrons. The molecule has 9 heteroatoms. The predicted octanol–water partition coefficient (Wildman–Crippen LogP) is 3.15. The zero-order valence-corrected chi connectivity index (χ0v) is 18.8. The average molecular weight is 472 g/mol. The van der Waals surface area contributed by atoms with Crippen LogP contribution in [0.2, 0.25) is 0 Å². The Kier molecular flexibility index (Phi) is 5.24. The zero-order valence-electron chi connectivity index (χ0n) is 18.8. The number of ether oxygens (including phenoxy) is 2. The van der Waals surface area contributed by atoms with Gasteiger partial charge in [0.25, 0.3) is 17.7 Å².